The number of halogens is 1. The molecule has 0 saturated carbocycles. The molecule has 0 fully saturated rings. The Morgan fingerprint density at radius 3 is 0.962 bits per heavy atom. The van der Waals surface area contributed by atoms with Gasteiger partial charge in [0.05, 0.1) is 11.0 Å². The van der Waals surface area contributed by atoms with Crippen LogP contribution in [0.4, 0.5) is 0 Å². The number of hydrogen-bond acceptors (Lipinski definition) is 0. The average Bonchev–Trinajstić information content (AvgIpc) is 4.11. The van der Waals surface area contributed by atoms with Gasteiger partial charge in [-0.3, -0.25) is 0 Å². The van der Waals surface area contributed by atoms with E-state index in [1.807, 2.05) is 0 Å². The maximum absolute atomic E-state index is 3.68. The summed E-state index contributed by atoms with van der Waals surface area (Å²) in [4.78, 5) is 0. The number of hydrogen-bond donors (Lipinski definition) is 0. The van der Waals surface area contributed by atoms with Crippen molar-refractivity contribution in [2.24, 2.45) is 0 Å². The van der Waals surface area contributed by atoms with Gasteiger partial charge < -0.3 is 4.57 Å². The van der Waals surface area contributed by atoms with Gasteiger partial charge in [0.15, 0.2) is 0 Å². The molecule has 0 aliphatic heterocycles. The molecule has 0 radical (unpaired) electrons. The quantitative estimate of drug-likeness (QED) is 0.151. The molecule has 372 valence electrons. The molecular weight excluding hydrogens is 1020 g/mol. The summed E-state index contributed by atoms with van der Waals surface area (Å²) in [6.07, 6.45) is 1.10. The van der Waals surface area contributed by atoms with Crippen LogP contribution in [0.5, 0.6) is 0 Å². The summed E-state index contributed by atoms with van der Waals surface area (Å²) < 4.78 is 3.51. The predicted octanol–water partition coefficient (Wildman–Crippen LogP) is 21.8. The highest BCUT2D eigenvalue weighted by Gasteiger charge is 2.21. The van der Waals surface area contributed by atoms with E-state index in [9.17, 15) is 0 Å². The first kappa shape index (κ1) is 47.8. The fraction of sp³-hybridized carbons (Fsp3) is 0.0130. The maximum Gasteiger partial charge on any atom is 0.0541 e. The van der Waals surface area contributed by atoms with Crippen molar-refractivity contribution in [3.63, 3.8) is 0 Å². The molecule has 0 bridgehead atoms. The number of benzene rings is 14. The fourth-order valence-electron chi connectivity index (χ4n) is 12.4. The van der Waals surface area contributed by atoms with E-state index in [1.165, 1.54) is 137 Å². The van der Waals surface area contributed by atoms with Crippen molar-refractivity contribution >= 4 is 80.8 Å². The normalized spacial score (nSPS) is 11.6. The highest BCUT2D eigenvalue weighted by molar-refractivity contribution is 9.10. The minimum absolute atomic E-state index is 1.10. The van der Waals surface area contributed by atoms with Crippen molar-refractivity contribution in [3.8, 4) is 61.3 Å². The van der Waals surface area contributed by atoms with E-state index in [4.69, 9.17) is 0 Å². The molecule has 1 aromatic heterocycles. The Labute approximate surface area is 469 Å². The number of aromatic nitrogens is 1. The van der Waals surface area contributed by atoms with Crippen LogP contribution in [0.2, 0.25) is 0 Å². The van der Waals surface area contributed by atoms with Crippen LogP contribution in [0.3, 0.4) is 0 Å². The zero-order chi connectivity index (χ0) is 52.7. The van der Waals surface area contributed by atoms with Gasteiger partial charge >= 0.3 is 0 Å². The summed E-state index contributed by atoms with van der Waals surface area (Å²) in [6.45, 7) is 0. The second kappa shape index (κ2) is 20.7. The Bertz CT molecular complexity index is 4640. The Hall–Kier alpha value is -9.60. The molecule has 0 saturated heterocycles. The van der Waals surface area contributed by atoms with E-state index >= 15 is 0 Å². The minimum Gasteiger partial charge on any atom is -0.309 e. The van der Waals surface area contributed by atoms with E-state index in [2.05, 4.69) is 324 Å². The molecular formula is C77H52BrN. The molecule has 15 aromatic rings. The summed E-state index contributed by atoms with van der Waals surface area (Å²) in [7, 11) is 0. The number of nitrogens with zero attached hydrogens (tertiary/aromatic N) is 1. The van der Waals surface area contributed by atoms with Crippen molar-refractivity contribution in [3.05, 3.63) is 319 Å². The third-order valence-electron chi connectivity index (χ3n) is 15.8. The number of para-hydroxylation sites is 2. The van der Waals surface area contributed by atoms with Gasteiger partial charge in [-0.2, -0.15) is 0 Å². The van der Waals surface area contributed by atoms with Gasteiger partial charge in [-0.15, -0.1) is 0 Å². The van der Waals surface area contributed by atoms with E-state index in [0.29, 0.717) is 0 Å². The second-order valence-corrected chi connectivity index (χ2v) is 21.3. The zero-order valence-electron chi connectivity index (χ0n) is 43.4. The molecule has 1 aliphatic rings. The first-order chi connectivity index (χ1) is 39.2. The molecule has 2 heteroatoms. The molecule has 14 aromatic carbocycles. The summed E-state index contributed by atoms with van der Waals surface area (Å²) >= 11 is 3.68. The minimum atomic E-state index is 1.10. The Morgan fingerprint density at radius 2 is 0.544 bits per heavy atom. The summed E-state index contributed by atoms with van der Waals surface area (Å²) in [5.74, 6) is 0. The van der Waals surface area contributed by atoms with Crippen molar-refractivity contribution in [1.82, 2.24) is 4.57 Å². The van der Waals surface area contributed by atoms with Gasteiger partial charge in [0.25, 0.3) is 0 Å². The summed E-state index contributed by atoms with van der Waals surface area (Å²) in [5.41, 5.74) is 19.5. The van der Waals surface area contributed by atoms with Crippen LogP contribution in [0.15, 0.2) is 308 Å². The molecule has 0 amide bonds. The molecule has 0 unspecified atom stereocenters. The first-order valence-electron chi connectivity index (χ1n) is 27.1. The van der Waals surface area contributed by atoms with Crippen molar-refractivity contribution in [1.29, 1.82) is 0 Å². The van der Waals surface area contributed by atoms with Gasteiger partial charge in [0, 0.05) is 20.9 Å². The van der Waals surface area contributed by atoms with Crippen LogP contribution >= 0.6 is 15.9 Å². The van der Waals surface area contributed by atoms with Crippen LogP contribution in [-0.2, 0) is 6.42 Å². The lowest BCUT2D eigenvalue weighted by molar-refractivity contribution is 1.19. The number of fused-ring (bicyclic) bond motifs is 10. The van der Waals surface area contributed by atoms with Crippen molar-refractivity contribution in [2.75, 3.05) is 0 Å². The van der Waals surface area contributed by atoms with Crippen LogP contribution in [0.1, 0.15) is 11.1 Å². The maximum atomic E-state index is 3.68. The lowest BCUT2D eigenvalue weighted by atomic mass is 9.86. The van der Waals surface area contributed by atoms with E-state index in [0.717, 1.165) is 10.9 Å². The zero-order valence-corrected chi connectivity index (χ0v) is 45.0. The molecule has 1 heterocycles. The first-order valence-corrected chi connectivity index (χ1v) is 27.9. The van der Waals surface area contributed by atoms with Crippen molar-refractivity contribution < 1.29 is 0 Å². The lowest BCUT2D eigenvalue weighted by Crippen LogP contribution is -1.96. The third kappa shape index (κ3) is 8.68. The largest absolute Gasteiger partial charge is 0.309 e. The van der Waals surface area contributed by atoms with Gasteiger partial charge in [-0.05, 0) is 153 Å². The molecule has 1 nitrogen and oxygen atoms in total. The van der Waals surface area contributed by atoms with E-state index in [-0.39, 0.29) is 0 Å². The topological polar surface area (TPSA) is 4.93 Å². The predicted molar refractivity (Wildman–Crippen MR) is 341 cm³/mol. The lowest BCUT2D eigenvalue weighted by Gasteiger charge is -2.19. The molecule has 16 rings (SSSR count). The van der Waals surface area contributed by atoms with Crippen LogP contribution < -0.4 is 0 Å². The van der Waals surface area contributed by atoms with Crippen molar-refractivity contribution in [2.45, 2.75) is 6.42 Å². The SMILES string of the molecule is Brc1ccc2c(-c3ccccc3)c3ccccc3c(-c3ccccc3)c2c1.c1ccc(-c2c3ccccc3c(-c3ccccc3)c3cc(-n4c5ccccc5c5ccccc54)ccc23)cc1.c1ccc2c(c1)Cc1ccccc1-2. The molecule has 0 N–H and O–H groups in total. The summed E-state index contributed by atoms with van der Waals surface area (Å²) in [5, 5.41) is 12.8. The van der Waals surface area contributed by atoms with E-state index in [1.54, 1.807) is 0 Å². The summed E-state index contributed by atoms with van der Waals surface area (Å²) in [6, 6.07) is 109. The Kier molecular flexibility index (Phi) is 12.6. The monoisotopic (exact) mass is 1070 g/mol. The molecule has 0 spiro atoms. The van der Waals surface area contributed by atoms with Gasteiger partial charge in [0.1, 0.15) is 0 Å². The van der Waals surface area contributed by atoms with Gasteiger partial charge in [-0.1, -0.05) is 283 Å². The second-order valence-electron chi connectivity index (χ2n) is 20.3. The van der Waals surface area contributed by atoms with Gasteiger partial charge in [0.2, 0.25) is 0 Å². The fourth-order valence-corrected chi connectivity index (χ4v) is 12.8. The van der Waals surface area contributed by atoms with Gasteiger partial charge in [-0.25, -0.2) is 0 Å². The Balaban J connectivity index is 0.000000121. The molecule has 79 heavy (non-hydrogen) atoms. The standard InChI is InChI=1S/C38H25N.C26H17Br.C13H10/c1-3-13-26(14-4-1)37-31-19-7-8-20-32(31)38(27-15-5-2-6-16-27)34-25-28(23-24-33(34)37)39-35-21-11-9-17-29(35)30-18-10-12-22-36(30)39;27-20-15-16-23-24(17-20)26(19-11-5-2-6-12-19)22-14-8-7-13-21(22)25(23)18-9-3-1-4-10-18;1-3-7-12-10(5-1)9-11-6-2-4-8-13(11)12/h1-25H;1-17H;1-8H,9H2. The number of rotatable bonds is 5. The molecule has 1 aliphatic carbocycles. The van der Waals surface area contributed by atoms with E-state index < -0.39 is 0 Å². The van der Waals surface area contributed by atoms with Crippen LogP contribution in [-0.4, -0.2) is 4.57 Å². The smallest absolute Gasteiger partial charge is 0.0541 e. The van der Waals surface area contributed by atoms with Crippen LogP contribution in [0, 0.1) is 0 Å². The third-order valence-corrected chi connectivity index (χ3v) is 16.3. The Morgan fingerprint density at radius 1 is 0.241 bits per heavy atom. The molecule has 0 atom stereocenters. The average molecular weight is 1070 g/mol. The highest BCUT2D eigenvalue weighted by Crippen LogP contribution is 2.47. The van der Waals surface area contributed by atoms with Crippen LogP contribution in [0.25, 0.3) is 126 Å². The highest BCUT2D eigenvalue weighted by atomic mass is 79.9.